The van der Waals surface area contributed by atoms with E-state index < -0.39 is 6.04 Å². The van der Waals surface area contributed by atoms with Gasteiger partial charge in [0.25, 0.3) is 0 Å². The molecule has 0 aromatic carbocycles. The number of nitrogens with zero attached hydrogens (tertiary/aromatic N) is 3. The molecular formula is C14H22N4O2. The predicted octanol–water partition coefficient (Wildman–Crippen LogP) is 0.860. The molecule has 1 saturated heterocycles. The molecule has 110 valence electrons. The van der Waals surface area contributed by atoms with E-state index in [9.17, 15) is 9.59 Å². The molecule has 1 aromatic heterocycles. The highest BCUT2D eigenvalue weighted by Gasteiger charge is 2.34. The molecule has 1 unspecified atom stereocenters. The van der Waals surface area contributed by atoms with Crippen LogP contribution in [0.5, 0.6) is 0 Å². The first-order valence-corrected chi connectivity index (χ1v) is 7.07. The number of nitrogens with one attached hydrogen (secondary N) is 1. The van der Waals surface area contributed by atoms with E-state index in [2.05, 4.69) is 10.4 Å². The zero-order chi connectivity index (χ0) is 14.9. The molecule has 1 aliphatic rings. The van der Waals surface area contributed by atoms with Crippen molar-refractivity contribution in [1.29, 1.82) is 0 Å². The lowest BCUT2D eigenvalue weighted by atomic mass is 10.0. The highest BCUT2D eigenvalue weighted by Crippen LogP contribution is 2.23. The fourth-order valence-electron chi connectivity index (χ4n) is 2.49. The van der Waals surface area contributed by atoms with Gasteiger partial charge in [0.05, 0.1) is 11.4 Å². The van der Waals surface area contributed by atoms with Gasteiger partial charge in [-0.3, -0.25) is 14.3 Å². The van der Waals surface area contributed by atoms with E-state index in [4.69, 9.17) is 0 Å². The number of amides is 2. The highest BCUT2D eigenvalue weighted by atomic mass is 16.2. The van der Waals surface area contributed by atoms with Crippen molar-refractivity contribution < 1.29 is 9.59 Å². The van der Waals surface area contributed by atoms with Crippen molar-refractivity contribution in [2.45, 2.75) is 39.7 Å². The van der Waals surface area contributed by atoms with E-state index in [1.807, 2.05) is 34.0 Å². The Balaban J connectivity index is 2.38. The minimum absolute atomic E-state index is 0.0476. The second-order valence-corrected chi connectivity index (χ2v) is 5.52. The molecule has 6 heteroatoms. The summed E-state index contributed by atoms with van der Waals surface area (Å²) in [6.45, 7) is 6.30. The minimum atomic E-state index is -0.463. The highest BCUT2D eigenvalue weighted by molar-refractivity contribution is 6.01. The van der Waals surface area contributed by atoms with Gasteiger partial charge in [0.1, 0.15) is 6.04 Å². The fraction of sp³-hybridized carbons (Fsp3) is 0.643. The van der Waals surface area contributed by atoms with Gasteiger partial charge < -0.3 is 10.2 Å². The van der Waals surface area contributed by atoms with Crippen molar-refractivity contribution in [3.8, 4) is 0 Å². The van der Waals surface area contributed by atoms with Crippen LogP contribution in [-0.2, 0) is 23.1 Å². The number of anilines is 1. The van der Waals surface area contributed by atoms with E-state index in [-0.39, 0.29) is 17.7 Å². The van der Waals surface area contributed by atoms with Crippen molar-refractivity contribution in [3.05, 3.63) is 11.9 Å². The Morgan fingerprint density at radius 2 is 2.15 bits per heavy atom. The Kier molecular flexibility index (Phi) is 4.11. The van der Waals surface area contributed by atoms with Crippen molar-refractivity contribution in [3.63, 3.8) is 0 Å². The van der Waals surface area contributed by atoms with Gasteiger partial charge in [-0.05, 0) is 12.3 Å². The van der Waals surface area contributed by atoms with Gasteiger partial charge in [-0.15, -0.1) is 0 Å². The van der Waals surface area contributed by atoms with Crippen molar-refractivity contribution in [2.75, 3.05) is 11.4 Å². The zero-order valence-corrected chi connectivity index (χ0v) is 12.5. The van der Waals surface area contributed by atoms with Gasteiger partial charge in [-0.25, -0.2) is 0 Å². The number of aromatic nitrogens is 2. The molecule has 0 radical (unpaired) electrons. The maximum atomic E-state index is 12.7. The summed E-state index contributed by atoms with van der Waals surface area (Å²) in [6, 6.07) is -0.463. The van der Waals surface area contributed by atoms with Crippen LogP contribution in [0, 0.1) is 5.92 Å². The standard InChI is InChI=1S/C14H22N4O2/c1-5-10-11(8-17(4)16-10)18-7-6-12(19)15-13(9(2)3)14(18)20/h8-9,13H,5-7H2,1-4H3,(H,15,19). The van der Waals surface area contributed by atoms with E-state index in [1.54, 1.807) is 9.58 Å². The van der Waals surface area contributed by atoms with Crippen LogP contribution in [-0.4, -0.2) is 34.2 Å². The van der Waals surface area contributed by atoms with Crippen molar-refractivity contribution >= 4 is 17.5 Å². The molecule has 0 spiro atoms. The number of hydrogen-bond acceptors (Lipinski definition) is 3. The van der Waals surface area contributed by atoms with Crippen molar-refractivity contribution in [1.82, 2.24) is 15.1 Å². The first-order valence-electron chi connectivity index (χ1n) is 7.07. The van der Waals surface area contributed by atoms with E-state index in [1.165, 1.54) is 0 Å². The van der Waals surface area contributed by atoms with Gasteiger partial charge in [-0.2, -0.15) is 5.10 Å². The third-order valence-electron chi connectivity index (χ3n) is 3.59. The number of carbonyl (C=O) groups excluding carboxylic acids is 2. The van der Waals surface area contributed by atoms with Crippen LogP contribution in [0.4, 0.5) is 5.69 Å². The molecule has 2 amide bonds. The molecular weight excluding hydrogens is 256 g/mol. The normalized spacial score (nSPS) is 20.2. The van der Waals surface area contributed by atoms with Crippen LogP contribution in [0.2, 0.25) is 0 Å². The first kappa shape index (κ1) is 14.6. The summed E-state index contributed by atoms with van der Waals surface area (Å²) < 4.78 is 1.71. The Labute approximate surface area is 119 Å². The lowest BCUT2D eigenvalue weighted by Gasteiger charge is -2.25. The summed E-state index contributed by atoms with van der Waals surface area (Å²) in [5, 5.41) is 7.19. The van der Waals surface area contributed by atoms with Crippen LogP contribution < -0.4 is 10.2 Å². The second kappa shape index (κ2) is 5.64. The monoisotopic (exact) mass is 278 g/mol. The third kappa shape index (κ3) is 2.69. The summed E-state index contributed by atoms with van der Waals surface area (Å²) in [7, 11) is 1.84. The topological polar surface area (TPSA) is 67.2 Å². The quantitative estimate of drug-likeness (QED) is 0.891. The smallest absolute Gasteiger partial charge is 0.249 e. The largest absolute Gasteiger partial charge is 0.344 e. The molecule has 1 atom stereocenters. The number of hydrogen-bond donors (Lipinski definition) is 1. The Morgan fingerprint density at radius 3 is 2.75 bits per heavy atom. The van der Waals surface area contributed by atoms with Crippen LogP contribution in [0.15, 0.2) is 6.20 Å². The summed E-state index contributed by atoms with van der Waals surface area (Å²) >= 11 is 0. The summed E-state index contributed by atoms with van der Waals surface area (Å²) in [5.41, 5.74) is 1.71. The molecule has 0 saturated carbocycles. The number of aryl methyl sites for hydroxylation is 2. The molecule has 2 rings (SSSR count). The lowest BCUT2D eigenvalue weighted by molar-refractivity contribution is -0.126. The van der Waals surface area contributed by atoms with Gasteiger partial charge >= 0.3 is 0 Å². The van der Waals surface area contributed by atoms with Gasteiger partial charge in [-0.1, -0.05) is 20.8 Å². The summed E-state index contributed by atoms with van der Waals surface area (Å²) in [4.78, 5) is 26.2. The SMILES string of the molecule is CCc1nn(C)cc1N1CCC(=O)NC(C(C)C)C1=O. The van der Waals surface area contributed by atoms with E-state index >= 15 is 0 Å². The van der Waals surface area contributed by atoms with Crippen LogP contribution in [0.1, 0.15) is 32.9 Å². The van der Waals surface area contributed by atoms with Crippen LogP contribution >= 0.6 is 0 Å². The zero-order valence-electron chi connectivity index (χ0n) is 12.5. The molecule has 1 N–H and O–H groups in total. The van der Waals surface area contributed by atoms with E-state index in [0.29, 0.717) is 13.0 Å². The second-order valence-electron chi connectivity index (χ2n) is 5.52. The third-order valence-corrected chi connectivity index (χ3v) is 3.59. The Hall–Kier alpha value is -1.85. The number of rotatable bonds is 3. The fourth-order valence-corrected chi connectivity index (χ4v) is 2.49. The molecule has 1 fully saturated rings. The predicted molar refractivity (Wildman–Crippen MR) is 76.3 cm³/mol. The molecule has 0 aliphatic carbocycles. The molecule has 1 aromatic rings. The summed E-state index contributed by atoms with van der Waals surface area (Å²) in [5.74, 6) is -0.0520. The lowest BCUT2D eigenvalue weighted by Crippen LogP contribution is -2.48. The van der Waals surface area contributed by atoms with Crippen LogP contribution in [0.25, 0.3) is 0 Å². The average molecular weight is 278 g/mol. The van der Waals surface area contributed by atoms with Gasteiger partial charge in [0.15, 0.2) is 0 Å². The Bertz CT molecular complexity index is 521. The molecule has 2 heterocycles. The number of carbonyl (C=O) groups is 2. The average Bonchev–Trinajstić information content (AvgIpc) is 2.69. The molecule has 1 aliphatic heterocycles. The molecule has 20 heavy (non-hydrogen) atoms. The van der Waals surface area contributed by atoms with Crippen LogP contribution in [0.3, 0.4) is 0 Å². The van der Waals surface area contributed by atoms with Gasteiger partial charge in [0.2, 0.25) is 11.8 Å². The minimum Gasteiger partial charge on any atom is -0.344 e. The van der Waals surface area contributed by atoms with E-state index in [0.717, 1.165) is 17.8 Å². The van der Waals surface area contributed by atoms with Gasteiger partial charge in [0, 0.05) is 26.2 Å². The maximum Gasteiger partial charge on any atom is 0.249 e. The first-order chi connectivity index (χ1) is 9.43. The maximum absolute atomic E-state index is 12.7. The Morgan fingerprint density at radius 1 is 1.45 bits per heavy atom. The van der Waals surface area contributed by atoms with Crippen molar-refractivity contribution in [2.24, 2.45) is 13.0 Å². The molecule has 6 nitrogen and oxygen atoms in total. The molecule has 0 bridgehead atoms. The summed E-state index contributed by atoms with van der Waals surface area (Å²) in [6.07, 6.45) is 2.94.